The third-order valence-corrected chi connectivity index (χ3v) is 2.60. The van der Waals surface area contributed by atoms with Gasteiger partial charge in [-0.2, -0.15) is 0 Å². The first-order valence-corrected chi connectivity index (χ1v) is 7.25. The number of hydrogen-bond donors (Lipinski definition) is 2. The first-order chi connectivity index (χ1) is 9.85. The Morgan fingerprint density at radius 1 is 1.29 bits per heavy atom. The highest BCUT2D eigenvalue weighted by atomic mass is 16.5. The molecular formula is C16H26N2O3. The standard InChI is InChI=1S/C16H26N2O3/c1-5-8-20-13-7-6-12(10-17)14(9-13)21-11-15(19)18-16(2,3)4/h6-7,9H,5,8,10-11,17H2,1-4H3,(H,18,19). The van der Waals surface area contributed by atoms with Gasteiger partial charge in [-0.25, -0.2) is 0 Å². The van der Waals surface area contributed by atoms with Crippen LogP contribution < -0.4 is 20.5 Å². The van der Waals surface area contributed by atoms with Crippen LogP contribution in [0.5, 0.6) is 11.5 Å². The van der Waals surface area contributed by atoms with Gasteiger partial charge in [0.25, 0.3) is 5.91 Å². The summed E-state index contributed by atoms with van der Waals surface area (Å²) in [6, 6.07) is 5.50. The third-order valence-electron chi connectivity index (χ3n) is 2.60. The van der Waals surface area contributed by atoms with Gasteiger partial charge in [0.2, 0.25) is 0 Å². The summed E-state index contributed by atoms with van der Waals surface area (Å²) >= 11 is 0. The maximum Gasteiger partial charge on any atom is 0.258 e. The van der Waals surface area contributed by atoms with Crippen molar-refractivity contribution in [3.8, 4) is 11.5 Å². The molecule has 5 heteroatoms. The fourth-order valence-corrected chi connectivity index (χ4v) is 1.75. The maximum atomic E-state index is 11.8. The van der Waals surface area contributed by atoms with Gasteiger partial charge in [0, 0.05) is 23.7 Å². The Hall–Kier alpha value is -1.75. The molecule has 5 nitrogen and oxygen atoms in total. The predicted octanol–water partition coefficient (Wildman–Crippen LogP) is 2.23. The minimum Gasteiger partial charge on any atom is -0.493 e. The fourth-order valence-electron chi connectivity index (χ4n) is 1.75. The molecule has 0 aliphatic rings. The molecule has 0 bridgehead atoms. The van der Waals surface area contributed by atoms with E-state index in [1.807, 2.05) is 39.8 Å². The van der Waals surface area contributed by atoms with Crippen LogP contribution in [0.4, 0.5) is 0 Å². The minimum atomic E-state index is -0.275. The molecule has 0 saturated heterocycles. The van der Waals surface area contributed by atoms with Crippen molar-refractivity contribution in [3.63, 3.8) is 0 Å². The van der Waals surface area contributed by atoms with Crippen LogP contribution in [-0.4, -0.2) is 24.7 Å². The zero-order chi connectivity index (χ0) is 15.9. The molecule has 0 aliphatic carbocycles. The topological polar surface area (TPSA) is 73.6 Å². The number of carbonyl (C=O) groups is 1. The number of hydrogen-bond acceptors (Lipinski definition) is 4. The normalized spacial score (nSPS) is 11.1. The van der Waals surface area contributed by atoms with Crippen LogP contribution >= 0.6 is 0 Å². The molecule has 0 saturated carbocycles. The molecular weight excluding hydrogens is 268 g/mol. The molecule has 0 radical (unpaired) electrons. The summed E-state index contributed by atoms with van der Waals surface area (Å²) in [7, 11) is 0. The second kappa shape index (κ2) is 7.88. The molecule has 21 heavy (non-hydrogen) atoms. The summed E-state index contributed by atoms with van der Waals surface area (Å²) in [5.41, 5.74) is 6.26. The zero-order valence-corrected chi connectivity index (χ0v) is 13.4. The van der Waals surface area contributed by atoms with E-state index in [0.29, 0.717) is 18.9 Å². The second-order valence-corrected chi connectivity index (χ2v) is 5.91. The van der Waals surface area contributed by atoms with Gasteiger partial charge in [-0.05, 0) is 33.3 Å². The summed E-state index contributed by atoms with van der Waals surface area (Å²) in [5.74, 6) is 1.15. The number of rotatable bonds is 7. The SMILES string of the molecule is CCCOc1ccc(CN)c(OCC(=O)NC(C)(C)C)c1. The number of benzene rings is 1. The van der Waals surface area contributed by atoms with Gasteiger partial charge in [-0.15, -0.1) is 0 Å². The molecule has 3 N–H and O–H groups in total. The van der Waals surface area contributed by atoms with Crippen LogP contribution in [0.3, 0.4) is 0 Å². The van der Waals surface area contributed by atoms with Crippen molar-refractivity contribution >= 4 is 5.91 Å². The minimum absolute atomic E-state index is 0.0402. The first kappa shape index (κ1) is 17.3. The molecule has 1 amide bonds. The van der Waals surface area contributed by atoms with E-state index < -0.39 is 0 Å². The number of ether oxygens (including phenoxy) is 2. The number of nitrogens with one attached hydrogen (secondary N) is 1. The molecule has 0 atom stereocenters. The largest absolute Gasteiger partial charge is 0.493 e. The van der Waals surface area contributed by atoms with Crippen LogP contribution in [0.15, 0.2) is 18.2 Å². The van der Waals surface area contributed by atoms with Gasteiger partial charge < -0.3 is 20.5 Å². The average Bonchev–Trinajstić information content (AvgIpc) is 2.41. The van der Waals surface area contributed by atoms with E-state index >= 15 is 0 Å². The predicted molar refractivity (Wildman–Crippen MR) is 83.5 cm³/mol. The first-order valence-electron chi connectivity index (χ1n) is 7.25. The highest BCUT2D eigenvalue weighted by Gasteiger charge is 2.14. The highest BCUT2D eigenvalue weighted by Crippen LogP contribution is 2.25. The van der Waals surface area contributed by atoms with Crippen LogP contribution in [0, 0.1) is 0 Å². The van der Waals surface area contributed by atoms with Crippen molar-refractivity contribution in [1.29, 1.82) is 0 Å². The summed E-state index contributed by atoms with van der Waals surface area (Å²) in [6.45, 7) is 8.78. The molecule has 118 valence electrons. The zero-order valence-electron chi connectivity index (χ0n) is 13.4. The van der Waals surface area contributed by atoms with E-state index in [4.69, 9.17) is 15.2 Å². The molecule has 0 aliphatic heterocycles. The quantitative estimate of drug-likeness (QED) is 0.808. The van der Waals surface area contributed by atoms with Crippen molar-refractivity contribution in [1.82, 2.24) is 5.32 Å². The Balaban J connectivity index is 2.69. The lowest BCUT2D eigenvalue weighted by Crippen LogP contribution is -2.43. The van der Waals surface area contributed by atoms with Crippen LogP contribution in [0.2, 0.25) is 0 Å². The molecule has 1 aromatic carbocycles. The lowest BCUT2D eigenvalue weighted by Gasteiger charge is -2.21. The monoisotopic (exact) mass is 294 g/mol. The van der Waals surface area contributed by atoms with Gasteiger partial charge in [0.15, 0.2) is 6.61 Å². The van der Waals surface area contributed by atoms with E-state index in [1.54, 1.807) is 6.07 Å². The smallest absolute Gasteiger partial charge is 0.258 e. The summed E-state index contributed by atoms with van der Waals surface area (Å²) in [6.07, 6.45) is 0.933. The van der Waals surface area contributed by atoms with Crippen molar-refractivity contribution in [3.05, 3.63) is 23.8 Å². The summed E-state index contributed by atoms with van der Waals surface area (Å²) < 4.78 is 11.1. The van der Waals surface area contributed by atoms with Crippen molar-refractivity contribution in [2.45, 2.75) is 46.2 Å². The van der Waals surface area contributed by atoms with Crippen molar-refractivity contribution < 1.29 is 14.3 Å². The van der Waals surface area contributed by atoms with E-state index in [9.17, 15) is 4.79 Å². The molecule has 0 heterocycles. The van der Waals surface area contributed by atoms with Gasteiger partial charge in [0.1, 0.15) is 11.5 Å². The van der Waals surface area contributed by atoms with Gasteiger partial charge in [-0.3, -0.25) is 4.79 Å². The average molecular weight is 294 g/mol. The Morgan fingerprint density at radius 2 is 2.00 bits per heavy atom. The number of carbonyl (C=O) groups excluding carboxylic acids is 1. The van der Waals surface area contributed by atoms with Gasteiger partial charge in [0.05, 0.1) is 6.61 Å². The Bertz CT molecular complexity index is 467. The van der Waals surface area contributed by atoms with Crippen LogP contribution in [0.1, 0.15) is 39.7 Å². The number of amides is 1. The molecule has 0 fully saturated rings. The van der Waals surface area contributed by atoms with Gasteiger partial charge in [-0.1, -0.05) is 13.0 Å². The Morgan fingerprint density at radius 3 is 2.57 bits per heavy atom. The summed E-state index contributed by atoms with van der Waals surface area (Å²) in [4.78, 5) is 11.8. The third kappa shape index (κ3) is 6.49. The van der Waals surface area contributed by atoms with Gasteiger partial charge >= 0.3 is 0 Å². The Kier molecular flexibility index (Phi) is 6.49. The maximum absolute atomic E-state index is 11.8. The molecule has 0 aromatic heterocycles. The lowest BCUT2D eigenvalue weighted by molar-refractivity contribution is -0.124. The Labute approximate surface area is 126 Å². The van der Waals surface area contributed by atoms with Crippen LogP contribution in [-0.2, 0) is 11.3 Å². The van der Waals surface area contributed by atoms with Crippen molar-refractivity contribution in [2.24, 2.45) is 5.73 Å². The number of nitrogens with two attached hydrogens (primary N) is 1. The molecule has 1 aromatic rings. The summed E-state index contributed by atoms with van der Waals surface area (Å²) in [5, 5.41) is 2.85. The lowest BCUT2D eigenvalue weighted by atomic mass is 10.1. The fraction of sp³-hybridized carbons (Fsp3) is 0.562. The van der Waals surface area contributed by atoms with E-state index in [0.717, 1.165) is 17.7 Å². The second-order valence-electron chi connectivity index (χ2n) is 5.91. The van der Waals surface area contributed by atoms with Crippen LogP contribution in [0.25, 0.3) is 0 Å². The van der Waals surface area contributed by atoms with Crippen molar-refractivity contribution in [2.75, 3.05) is 13.2 Å². The van der Waals surface area contributed by atoms with E-state index in [1.165, 1.54) is 0 Å². The highest BCUT2D eigenvalue weighted by molar-refractivity contribution is 5.78. The van der Waals surface area contributed by atoms with E-state index in [-0.39, 0.29) is 18.1 Å². The van der Waals surface area contributed by atoms with E-state index in [2.05, 4.69) is 5.32 Å². The molecule has 0 spiro atoms. The molecule has 0 unspecified atom stereocenters. The molecule has 1 rings (SSSR count).